The van der Waals surface area contributed by atoms with E-state index in [1.165, 1.54) is 77.3 Å². The van der Waals surface area contributed by atoms with Crippen LogP contribution in [0.5, 0.6) is 0 Å². The summed E-state index contributed by atoms with van der Waals surface area (Å²) in [6, 6.07) is 2.49. The molecule has 2 saturated heterocycles. The Kier molecular flexibility index (Phi) is 5.22. The van der Waals surface area contributed by atoms with Crippen LogP contribution < -0.4 is 0 Å². The SMILES string of the molecule is CC1CCCC2C1CCCN2N(C)C1CCN(C)C2CCCCC21. The zero-order valence-corrected chi connectivity index (χ0v) is 16.3. The number of fused-ring (bicyclic) bond motifs is 2. The summed E-state index contributed by atoms with van der Waals surface area (Å²) >= 11 is 0. The minimum Gasteiger partial charge on any atom is -0.303 e. The minimum absolute atomic E-state index is 0.794. The molecule has 3 heteroatoms. The first kappa shape index (κ1) is 17.3. The molecule has 24 heavy (non-hydrogen) atoms. The maximum atomic E-state index is 2.85. The van der Waals surface area contributed by atoms with Gasteiger partial charge in [0.25, 0.3) is 0 Å². The number of hydrogen-bond acceptors (Lipinski definition) is 3. The molecule has 0 amide bonds. The molecular formula is C21H39N3. The van der Waals surface area contributed by atoms with Gasteiger partial charge in [-0.05, 0) is 69.9 Å². The maximum Gasteiger partial charge on any atom is 0.0298 e. The molecule has 0 aromatic carbocycles. The number of likely N-dealkylation sites (tertiary alicyclic amines) is 1. The lowest BCUT2D eigenvalue weighted by atomic mass is 9.72. The summed E-state index contributed by atoms with van der Waals surface area (Å²) in [5, 5.41) is 5.62. The second-order valence-corrected chi connectivity index (χ2v) is 9.37. The highest BCUT2D eigenvalue weighted by atomic mass is 15.6. The van der Waals surface area contributed by atoms with Crippen molar-refractivity contribution >= 4 is 0 Å². The van der Waals surface area contributed by atoms with Gasteiger partial charge in [-0.25, -0.2) is 10.0 Å². The molecule has 0 bridgehead atoms. The fraction of sp³-hybridized carbons (Fsp3) is 1.00. The summed E-state index contributed by atoms with van der Waals surface area (Å²) in [5.74, 6) is 2.81. The van der Waals surface area contributed by atoms with E-state index < -0.39 is 0 Å². The molecule has 2 saturated carbocycles. The lowest BCUT2D eigenvalue weighted by molar-refractivity contribution is -0.153. The predicted octanol–water partition coefficient (Wildman–Crippen LogP) is 4.00. The fourth-order valence-corrected chi connectivity index (χ4v) is 6.86. The topological polar surface area (TPSA) is 9.72 Å². The molecule has 3 nitrogen and oxygen atoms in total. The van der Waals surface area contributed by atoms with Crippen molar-refractivity contribution in [1.29, 1.82) is 0 Å². The molecule has 6 unspecified atom stereocenters. The van der Waals surface area contributed by atoms with E-state index in [4.69, 9.17) is 0 Å². The highest BCUT2D eigenvalue weighted by Gasteiger charge is 2.44. The number of hydrazine groups is 1. The van der Waals surface area contributed by atoms with E-state index >= 15 is 0 Å². The molecule has 0 N–H and O–H groups in total. The molecule has 6 atom stereocenters. The fourth-order valence-electron chi connectivity index (χ4n) is 6.86. The van der Waals surface area contributed by atoms with Crippen LogP contribution in [0.15, 0.2) is 0 Å². The van der Waals surface area contributed by atoms with Gasteiger partial charge in [0.05, 0.1) is 0 Å². The summed E-state index contributed by atoms with van der Waals surface area (Å²) in [6.45, 7) is 5.13. The molecular weight excluding hydrogens is 294 g/mol. The van der Waals surface area contributed by atoms with Crippen molar-refractivity contribution in [1.82, 2.24) is 14.9 Å². The van der Waals surface area contributed by atoms with Gasteiger partial charge in [0.2, 0.25) is 0 Å². The molecule has 0 aromatic rings. The molecule has 0 radical (unpaired) electrons. The van der Waals surface area contributed by atoms with E-state index in [-0.39, 0.29) is 0 Å². The largest absolute Gasteiger partial charge is 0.303 e. The smallest absolute Gasteiger partial charge is 0.0298 e. The lowest BCUT2D eigenvalue weighted by Gasteiger charge is -2.56. The Balaban J connectivity index is 1.50. The van der Waals surface area contributed by atoms with Gasteiger partial charge in [-0.1, -0.05) is 32.6 Å². The average Bonchev–Trinajstić information content (AvgIpc) is 2.62. The van der Waals surface area contributed by atoms with Gasteiger partial charge < -0.3 is 4.90 Å². The third-order valence-corrected chi connectivity index (χ3v) is 8.20. The van der Waals surface area contributed by atoms with Crippen molar-refractivity contribution in [2.75, 3.05) is 27.2 Å². The van der Waals surface area contributed by atoms with E-state index in [0.29, 0.717) is 0 Å². The molecule has 0 spiro atoms. The second-order valence-electron chi connectivity index (χ2n) is 9.37. The molecule has 4 rings (SSSR count). The predicted molar refractivity (Wildman–Crippen MR) is 101 cm³/mol. The Morgan fingerprint density at radius 3 is 2.38 bits per heavy atom. The van der Waals surface area contributed by atoms with Crippen LogP contribution in [-0.4, -0.2) is 60.2 Å². The molecule has 4 fully saturated rings. The third-order valence-electron chi connectivity index (χ3n) is 8.20. The number of rotatable bonds is 2. The summed E-state index contributed by atoms with van der Waals surface area (Å²) in [4.78, 5) is 2.68. The first-order chi connectivity index (χ1) is 11.7. The highest BCUT2D eigenvalue weighted by Crippen LogP contribution is 2.42. The first-order valence-electron chi connectivity index (χ1n) is 10.9. The van der Waals surface area contributed by atoms with Crippen LogP contribution in [0, 0.1) is 17.8 Å². The van der Waals surface area contributed by atoms with Crippen molar-refractivity contribution < 1.29 is 0 Å². The van der Waals surface area contributed by atoms with Gasteiger partial charge in [-0.2, -0.15) is 0 Å². The summed E-state index contributed by atoms with van der Waals surface area (Å²) in [5.41, 5.74) is 0. The third kappa shape index (κ3) is 3.05. The Bertz CT molecular complexity index is 407. The van der Waals surface area contributed by atoms with Crippen molar-refractivity contribution in [3.8, 4) is 0 Å². The van der Waals surface area contributed by atoms with E-state index in [1.807, 2.05) is 0 Å². The Labute approximate surface area is 149 Å². The average molecular weight is 334 g/mol. The van der Waals surface area contributed by atoms with E-state index in [1.54, 1.807) is 0 Å². The van der Waals surface area contributed by atoms with Crippen LogP contribution in [-0.2, 0) is 0 Å². The van der Waals surface area contributed by atoms with Crippen LogP contribution in [0.2, 0.25) is 0 Å². The summed E-state index contributed by atoms with van der Waals surface area (Å²) < 4.78 is 0. The molecule has 0 aromatic heterocycles. The first-order valence-corrected chi connectivity index (χ1v) is 10.9. The summed E-state index contributed by atoms with van der Waals surface area (Å²) in [6.07, 6.45) is 14.4. The molecule has 138 valence electrons. The zero-order valence-electron chi connectivity index (χ0n) is 16.3. The van der Waals surface area contributed by atoms with Crippen molar-refractivity contribution in [2.45, 2.75) is 89.3 Å². The van der Waals surface area contributed by atoms with Gasteiger partial charge in [-0.15, -0.1) is 0 Å². The van der Waals surface area contributed by atoms with E-state index in [0.717, 1.165) is 35.9 Å². The monoisotopic (exact) mass is 333 g/mol. The zero-order chi connectivity index (χ0) is 16.7. The quantitative estimate of drug-likeness (QED) is 0.756. The van der Waals surface area contributed by atoms with Gasteiger partial charge in [0.15, 0.2) is 0 Å². The molecule has 2 aliphatic carbocycles. The minimum atomic E-state index is 0.794. The standard InChI is InChI=1S/C21H39N3/c1-16-8-6-12-21-17(16)10-7-14-24(21)23(3)20-13-15-22(2)19-11-5-4-9-18(19)20/h16-21H,4-15H2,1-3H3. The van der Waals surface area contributed by atoms with Crippen molar-refractivity contribution in [3.05, 3.63) is 0 Å². The highest BCUT2D eigenvalue weighted by molar-refractivity contribution is 4.96. The van der Waals surface area contributed by atoms with Crippen LogP contribution in [0.4, 0.5) is 0 Å². The number of nitrogens with zero attached hydrogens (tertiary/aromatic N) is 3. The normalized spacial score (nSPS) is 45.0. The van der Waals surface area contributed by atoms with Gasteiger partial charge in [0.1, 0.15) is 0 Å². The van der Waals surface area contributed by atoms with Crippen LogP contribution in [0.3, 0.4) is 0 Å². The molecule has 2 aliphatic heterocycles. The van der Waals surface area contributed by atoms with E-state index in [2.05, 4.69) is 35.9 Å². The van der Waals surface area contributed by atoms with Crippen molar-refractivity contribution in [3.63, 3.8) is 0 Å². The van der Waals surface area contributed by atoms with Crippen LogP contribution >= 0.6 is 0 Å². The number of hydrogen-bond donors (Lipinski definition) is 0. The molecule has 2 heterocycles. The van der Waals surface area contributed by atoms with Crippen LogP contribution in [0.1, 0.15) is 71.1 Å². The molecule has 4 aliphatic rings. The van der Waals surface area contributed by atoms with Gasteiger partial charge in [-0.3, -0.25) is 0 Å². The Hall–Kier alpha value is -0.120. The summed E-state index contributed by atoms with van der Waals surface area (Å²) in [7, 11) is 4.82. The van der Waals surface area contributed by atoms with Gasteiger partial charge in [0, 0.05) is 31.7 Å². The Morgan fingerprint density at radius 1 is 0.750 bits per heavy atom. The van der Waals surface area contributed by atoms with E-state index in [9.17, 15) is 0 Å². The Morgan fingerprint density at radius 2 is 1.50 bits per heavy atom. The van der Waals surface area contributed by atoms with Gasteiger partial charge >= 0.3 is 0 Å². The number of piperidine rings is 2. The maximum absolute atomic E-state index is 2.85. The van der Waals surface area contributed by atoms with Crippen LogP contribution in [0.25, 0.3) is 0 Å². The lowest BCUT2D eigenvalue weighted by Crippen LogP contribution is -2.63. The second kappa shape index (κ2) is 7.25. The van der Waals surface area contributed by atoms with Crippen molar-refractivity contribution in [2.24, 2.45) is 17.8 Å².